The Morgan fingerprint density at radius 3 is 2.27 bits per heavy atom. The van der Waals surface area contributed by atoms with E-state index in [1.54, 1.807) is 6.92 Å². The van der Waals surface area contributed by atoms with Crippen molar-refractivity contribution in [2.24, 2.45) is 5.92 Å². The first kappa shape index (κ1) is 28.2. The van der Waals surface area contributed by atoms with E-state index in [4.69, 9.17) is 9.47 Å². The molecule has 0 aromatic carbocycles. The molecule has 13 nitrogen and oxygen atoms in total. The number of nitrogens with one attached hydrogen (secondary N) is 1. The van der Waals surface area contributed by atoms with Crippen molar-refractivity contribution in [2.75, 3.05) is 13.2 Å². The Balaban J connectivity index is 2.16. The maximum Gasteiger partial charge on any atom is 0.187 e. The van der Waals surface area contributed by atoms with Crippen molar-refractivity contribution in [1.82, 2.24) is 5.32 Å². The molecule has 10 N–H and O–H groups in total. The Hall–Kier alpha value is -1.07. The van der Waals surface area contributed by atoms with Gasteiger partial charge in [0.15, 0.2) is 12.6 Å². The van der Waals surface area contributed by atoms with Crippen LogP contribution in [0.1, 0.15) is 13.8 Å². The molecule has 0 saturated carbocycles. The smallest absolute Gasteiger partial charge is 0.187 e. The summed E-state index contributed by atoms with van der Waals surface area (Å²) in [6.07, 6.45) is -13.8. The predicted octanol–water partition coefficient (Wildman–Crippen LogP) is -5.27. The second-order valence-corrected chi connectivity index (χ2v) is 8.57. The molecule has 1 heterocycles. The van der Waals surface area contributed by atoms with E-state index in [0.29, 0.717) is 0 Å². The summed E-state index contributed by atoms with van der Waals surface area (Å²) < 4.78 is 10.9. The predicted molar refractivity (Wildman–Crippen MR) is 109 cm³/mol. The lowest BCUT2D eigenvalue weighted by Gasteiger charge is -2.46. The van der Waals surface area contributed by atoms with E-state index in [-0.39, 0.29) is 11.9 Å². The van der Waals surface area contributed by atoms with Crippen LogP contribution in [0.15, 0.2) is 11.6 Å². The van der Waals surface area contributed by atoms with Crippen LogP contribution in [0.4, 0.5) is 0 Å². The van der Waals surface area contributed by atoms with Crippen LogP contribution >= 0.6 is 0 Å². The van der Waals surface area contributed by atoms with Crippen molar-refractivity contribution in [1.29, 1.82) is 0 Å². The first-order chi connectivity index (χ1) is 15.5. The third kappa shape index (κ3) is 6.14. The van der Waals surface area contributed by atoms with E-state index in [1.807, 2.05) is 0 Å². The maximum atomic E-state index is 10.8. The normalized spacial score (nSPS) is 41.1. The van der Waals surface area contributed by atoms with Crippen molar-refractivity contribution >= 4 is 6.29 Å². The monoisotopic (exact) mass is 481 g/mol. The van der Waals surface area contributed by atoms with Crippen molar-refractivity contribution in [3.05, 3.63) is 11.6 Å². The van der Waals surface area contributed by atoms with E-state index in [0.717, 1.165) is 0 Å². The molecule has 1 saturated heterocycles. The van der Waals surface area contributed by atoms with Crippen LogP contribution in [-0.2, 0) is 14.3 Å². The molecule has 0 spiro atoms. The van der Waals surface area contributed by atoms with E-state index < -0.39 is 92.4 Å². The van der Waals surface area contributed by atoms with E-state index in [1.165, 1.54) is 13.0 Å². The topological polar surface area (TPSA) is 230 Å². The van der Waals surface area contributed by atoms with Crippen LogP contribution in [0.2, 0.25) is 0 Å². The molecule has 13 atom stereocenters. The van der Waals surface area contributed by atoms with Gasteiger partial charge in [-0.15, -0.1) is 0 Å². The van der Waals surface area contributed by atoms with Crippen LogP contribution in [-0.4, -0.2) is 139 Å². The fourth-order valence-corrected chi connectivity index (χ4v) is 4.10. The van der Waals surface area contributed by atoms with Gasteiger partial charge in [0.2, 0.25) is 0 Å². The minimum atomic E-state index is -1.96. The number of aliphatic hydroxyl groups is 9. The Morgan fingerprint density at radius 2 is 1.73 bits per heavy atom. The van der Waals surface area contributed by atoms with Crippen molar-refractivity contribution < 1.29 is 60.2 Å². The third-order valence-electron chi connectivity index (χ3n) is 6.28. The SMILES string of the molecule is CC1[C@@H](O)C(NC2[C@H](O)C(O)C(O[C@H](C(O)CO)[C@H](O)[C@@H](O)C=O)O[C@@H]2C)C=C(CO)[C@H]1O. The molecule has 0 aromatic heterocycles. The molecule has 192 valence electrons. The molecule has 0 bridgehead atoms. The summed E-state index contributed by atoms with van der Waals surface area (Å²) in [6, 6.07) is -1.75. The highest BCUT2D eigenvalue weighted by Gasteiger charge is 2.47. The average molecular weight is 481 g/mol. The van der Waals surface area contributed by atoms with Crippen LogP contribution in [0.25, 0.3) is 0 Å². The highest BCUT2D eigenvalue weighted by atomic mass is 16.7. The summed E-state index contributed by atoms with van der Waals surface area (Å²) in [5.41, 5.74) is 0.287. The summed E-state index contributed by atoms with van der Waals surface area (Å²) in [6.45, 7) is 1.77. The van der Waals surface area contributed by atoms with Gasteiger partial charge in [-0.1, -0.05) is 13.0 Å². The maximum absolute atomic E-state index is 10.8. The number of hydrogen-bond donors (Lipinski definition) is 10. The first-order valence-corrected chi connectivity index (χ1v) is 10.7. The van der Waals surface area contributed by atoms with Crippen LogP contribution in [0.3, 0.4) is 0 Å². The fourth-order valence-electron chi connectivity index (χ4n) is 4.10. The van der Waals surface area contributed by atoms with Gasteiger partial charge in [-0.3, -0.25) is 0 Å². The van der Waals surface area contributed by atoms with Gasteiger partial charge >= 0.3 is 0 Å². The third-order valence-corrected chi connectivity index (χ3v) is 6.28. The fraction of sp³-hybridized carbons (Fsp3) is 0.850. The van der Waals surface area contributed by atoms with Crippen molar-refractivity contribution in [3.63, 3.8) is 0 Å². The molecular formula is C20H35NO12. The zero-order valence-electron chi connectivity index (χ0n) is 18.3. The molecule has 13 heteroatoms. The van der Waals surface area contributed by atoms with Crippen molar-refractivity contribution in [3.8, 4) is 0 Å². The van der Waals surface area contributed by atoms with E-state index >= 15 is 0 Å². The summed E-state index contributed by atoms with van der Waals surface area (Å²) in [7, 11) is 0. The summed E-state index contributed by atoms with van der Waals surface area (Å²) >= 11 is 0. The zero-order chi connectivity index (χ0) is 25.0. The van der Waals surface area contributed by atoms with Crippen LogP contribution < -0.4 is 5.32 Å². The van der Waals surface area contributed by atoms with Crippen molar-refractivity contribution in [2.45, 2.75) is 87.2 Å². The van der Waals surface area contributed by atoms with Gasteiger partial charge in [-0.2, -0.15) is 0 Å². The summed E-state index contributed by atoms with van der Waals surface area (Å²) in [4.78, 5) is 10.8. The number of carbonyl (C=O) groups excluding carboxylic acids is 1. The Kier molecular flexibility index (Phi) is 10.3. The molecule has 2 aliphatic rings. The first-order valence-electron chi connectivity index (χ1n) is 10.7. The number of aliphatic hydroxyl groups excluding tert-OH is 9. The number of carbonyl (C=O) groups is 1. The molecular weight excluding hydrogens is 446 g/mol. The lowest BCUT2D eigenvalue weighted by Crippen LogP contribution is -2.66. The molecule has 33 heavy (non-hydrogen) atoms. The minimum absolute atomic E-state index is 0.00225. The van der Waals surface area contributed by atoms with E-state index in [2.05, 4.69) is 5.32 Å². The second-order valence-electron chi connectivity index (χ2n) is 8.57. The second kappa shape index (κ2) is 12.1. The highest BCUT2D eigenvalue weighted by Crippen LogP contribution is 2.29. The number of rotatable bonds is 10. The standard InChI is InChI=1S/C20H35NO12/c1-7-14(27)9(4-22)3-10(15(7)28)21-13-8(2)32-20(18(31)17(13)30)33-19(12(26)6-24)16(29)11(25)5-23/h3,5,7-8,10-22,24-31H,4,6H2,1-2H3/t7?,8-,10?,11+,12?,13?,14+,15-,16-,17+,18?,19-,20?/m1/s1. The Labute approximate surface area is 190 Å². The minimum Gasteiger partial charge on any atom is -0.394 e. The number of ether oxygens (including phenoxy) is 2. The van der Waals surface area contributed by atoms with Gasteiger partial charge in [0.1, 0.15) is 36.6 Å². The summed E-state index contributed by atoms with van der Waals surface area (Å²) in [5, 5.41) is 93.0. The van der Waals surface area contributed by atoms with Crippen LogP contribution in [0, 0.1) is 5.92 Å². The quantitative estimate of drug-likeness (QED) is 0.104. The van der Waals surface area contributed by atoms with Crippen LogP contribution in [0.5, 0.6) is 0 Å². The number of hydrogen-bond acceptors (Lipinski definition) is 13. The number of aldehydes is 1. The Morgan fingerprint density at radius 1 is 1.09 bits per heavy atom. The van der Waals surface area contributed by atoms with Gasteiger partial charge in [0.25, 0.3) is 0 Å². The molecule has 0 amide bonds. The molecule has 0 radical (unpaired) electrons. The highest BCUT2D eigenvalue weighted by molar-refractivity contribution is 5.56. The molecule has 1 aliphatic carbocycles. The van der Waals surface area contributed by atoms with Gasteiger partial charge in [0, 0.05) is 5.92 Å². The zero-order valence-corrected chi connectivity index (χ0v) is 18.3. The van der Waals surface area contributed by atoms with Gasteiger partial charge in [-0.05, 0) is 12.5 Å². The molecule has 6 unspecified atom stereocenters. The van der Waals surface area contributed by atoms with Gasteiger partial charge in [0.05, 0.1) is 43.6 Å². The lowest BCUT2D eigenvalue weighted by molar-refractivity contribution is -0.306. The molecule has 1 fully saturated rings. The van der Waals surface area contributed by atoms with Gasteiger partial charge in [-0.25, -0.2) is 0 Å². The summed E-state index contributed by atoms with van der Waals surface area (Å²) in [5.74, 6) is -0.626. The molecule has 1 aliphatic heterocycles. The largest absolute Gasteiger partial charge is 0.394 e. The Bertz CT molecular complexity index is 665. The lowest BCUT2D eigenvalue weighted by atomic mass is 9.81. The molecule has 0 aromatic rings. The average Bonchev–Trinajstić information content (AvgIpc) is 2.81. The molecule has 2 rings (SSSR count). The van der Waals surface area contributed by atoms with Gasteiger partial charge < -0.3 is 65.5 Å². The van der Waals surface area contributed by atoms with E-state index in [9.17, 15) is 50.8 Å².